The van der Waals surface area contributed by atoms with Gasteiger partial charge in [-0.3, -0.25) is 9.59 Å². The predicted molar refractivity (Wildman–Crippen MR) is 155 cm³/mol. The second-order valence-corrected chi connectivity index (χ2v) is 10.3. The molecular formula is C32H41N3O4. The number of hydrogen-bond acceptors (Lipinski definition) is 5. The molecule has 2 atom stereocenters. The molecule has 0 aromatic heterocycles. The average Bonchev–Trinajstić information content (AvgIpc) is 2.93. The second kappa shape index (κ2) is 14.5. The van der Waals surface area contributed by atoms with E-state index in [9.17, 15) is 14.7 Å². The fourth-order valence-electron chi connectivity index (χ4n) is 4.70. The Morgan fingerprint density at radius 2 is 1.49 bits per heavy atom. The summed E-state index contributed by atoms with van der Waals surface area (Å²) >= 11 is 0. The minimum Gasteiger partial charge on any atom is -0.497 e. The third kappa shape index (κ3) is 8.67. The summed E-state index contributed by atoms with van der Waals surface area (Å²) in [5.74, 6) is 0.324. The molecule has 0 unspecified atom stereocenters. The van der Waals surface area contributed by atoms with E-state index in [1.54, 1.807) is 36.3 Å². The summed E-state index contributed by atoms with van der Waals surface area (Å²) in [6, 6.07) is 23.8. The number of aliphatic hydroxyl groups is 1. The monoisotopic (exact) mass is 531 g/mol. The van der Waals surface area contributed by atoms with E-state index in [-0.39, 0.29) is 30.4 Å². The number of hydrogen-bond donors (Lipinski definition) is 3. The maximum Gasteiger partial charge on any atom is 0.254 e. The molecule has 2 amide bonds. The minimum atomic E-state index is -0.845. The van der Waals surface area contributed by atoms with Crippen molar-refractivity contribution in [2.75, 3.05) is 13.7 Å². The van der Waals surface area contributed by atoms with E-state index in [4.69, 9.17) is 4.74 Å². The van der Waals surface area contributed by atoms with Gasteiger partial charge in [-0.15, -0.1) is 0 Å². The molecule has 0 spiro atoms. The predicted octanol–water partition coefficient (Wildman–Crippen LogP) is 4.45. The summed E-state index contributed by atoms with van der Waals surface area (Å²) in [6.07, 6.45) is -0.385. The zero-order valence-corrected chi connectivity index (χ0v) is 23.6. The maximum absolute atomic E-state index is 13.3. The van der Waals surface area contributed by atoms with Crippen molar-refractivity contribution in [2.45, 2.75) is 64.9 Å². The van der Waals surface area contributed by atoms with Gasteiger partial charge >= 0.3 is 0 Å². The Hall–Kier alpha value is -3.68. The van der Waals surface area contributed by atoms with E-state index in [1.165, 1.54) is 0 Å². The standard InChI is InChI=1S/C32H41N3O4/c1-22(2)35(23(3)4)32(38)27-15-10-14-26(19-27)31(37)34-29(18-24-11-7-6-8-12-24)30(36)21-33-20-25-13-9-16-28(17-25)39-5/h6-17,19,22-23,29-30,33,36H,18,20-21H2,1-5H3,(H,34,37)/t29-,30-/m0/s1. The zero-order chi connectivity index (χ0) is 28.4. The number of nitrogens with one attached hydrogen (secondary N) is 2. The molecule has 0 aliphatic heterocycles. The minimum absolute atomic E-state index is 0.0323. The van der Waals surface area contributed by atoms with Crippen molar-refractivity contribution in [2.24, 2.45) is 0 Å². The molecule has 7 nitrogen and oxygen atoms in total. The van der Waals surface area contributed by atoms with E-state index < -0.39 is 12.1 Å². The van der Waals surface area contributed by atoms with Gasteiger partial charge in [0.05, 0.1) is 19.3 Å². The molecule has 7 heteroatoms. The van der Waals surface area contributed by atoms with E-state index >= 15 is 0 Å². The highest BCUT2D eigenvalue weighted by atomic mass is 16.5. The zero-order valence-electron chi connectivity index (χ0n) is 23.6. The van der Waals surface area contributed by atoms with Crippen LogP contribution in [0.3, 0.4) is 0 Å². The smallest absolute Gasteiger partial charge is 0.254 e. The highest BCUT2D eigenvalue weighted by Crippen LogP contribution is 2.16. The average molecular weight is 532 g/mol. The molecule has 0 aliphatic carbocycles. The SMILES string of the molecule is COc1cccc(CNC[C@H](O)[C@H](Cc2ccccc2)NC(=O)c2cccc(C(=O)N(C(C)C)C(C)C)c2)c1. The van der Waals surface area contributed by atoms with Crippen molar-refractivity contribution in [1.82, 2.24) is 15.5 Å². The first-order valence-electron chi connectivity index (χ1n) is 13.5. The molecule has 3 N–H and O–H groups in total. The number of carbonyl (C=O) groups is 2. The molecule has 0 heterocycles. The molecular weight excluding hydrogens is 490 g/mol. The van der Waals surface area contributed by atoms with Crippen molar-refractivity contribution < 1.29 is 19.4 Å². The number of aliphatic hydroxyl groups excluding tert-OH is 1. The van der Waals surface area contributed by atoms with Gasteiger partial charge in [0.2, 0.25) is 0 Å². The van der Waals surface area contributed by atoms with Crippen molar-refractivity contribution in [3.8, 4) is 5.75 Å². The molecule has 3 aromatic rings. The van der Waals surface area contributed by atoms with E-state index in [0.717, 1.165) is 16.9 Å². The summed E-state index contributed by atoms with van der Waals surface area (Å²) in [4.78, 5) is 28.3. The molecule has 0 saturated carbocycles. The third-order valence-electron chi connectivity index (χ3n) is 6.62. The lowest BCUT2D eigenvalue weighted by Crippen LogP contribution is -2.48. The summed E-state index contributed by atoms with van der Waals surface area (Å²) in [5.41, 5.74) is 2.87. The van der Waals surface area contributed by atoms with Crippen LogP contribution in [0.1, 0.15) is 59.5 Å². The number of methoxy groups -OCH3 is 1. The maximum atomic E-state index is 13.3. The van der Waals surface area contributed by atoms with Crippen LogP contribution in [0.15, 0.2) is 78.9 Å². The number of carbonyl (C=O) groups excluding carboxylic acids is 2. The van der Waals surface area contributed by atoms with E-state index in [0.29, 0.717) is 24.1 Å². The Bertz CT molecular complexity index is 1200. The van der Waals surface area contributed by atoms with Crippen molar-refractivity contribution in [1.29, 1.82) is 0 Å². The molecule has 0 saturated heterocycles. The Morgan fingerprint density at radius 1 is 0.846 bits per heavy atom. The normalized spacial score (nSPS) is 12.7. The Balaban J connectivity index is 1.73. The molecule has 0 bridgehead atoms. The summed E-state index contributed by atoms with van der Waals surface area (Å²) in [6.45, 7) is 8.75. The summed E-state index contributed by atoms with van der Waals surface area (Å²) in [5, 5.41) is 17.4. The van der Waals surface area contributed by atoms with Gasteiger partial charge in [-0.05, 0) is 75.6 Å². The van der Waals surface area contributed by atoms with Gasteiger partial charge < -0.3 is 25.4 Å². The first-order chi connectivity index (χ1) is 18.7. The van der Waals surface area contributed by atoms with Crippen LogP contribution in [-0.4, -0.2) is 59.7 Å². The number of amides is 2. The van der Waals surface area contributed by atoms with Crippen LogP contribution in [0.25, 0.3) is 0 Å². The van der Waals surface area contributed by atoms with Gasteiger partial charge in [-0.2, -0.15) is 0 Å². The molecule has 3 aromatic carbocycles. The molecule has 0 radical (unpaired) electrons. The topological polar surface area (TPSA) is 90.9 Å². The van der Waals surface area contributed by atoms with Crippen LogP contribution in [0.4, 0.5) is 0 Å². The molecule has 3 rings (SSSR count). The fourth-order valence-corrected chi connectivity index (χ4v) is 4.70. The Kier molecular flexibility index (Phi) is 11.1. The van der Waals surface area contributed by atoms with Crippen LogP contribution < -0.4 is 15.4 Å². The lowest BCUT2D eigenvalue weighted by Gasteiger charge is -2.31. The van der Waals surface area contributed by atoms with E-state index in [2.05, 4.69) is 10.6 Å². The second-order valence-electron chi connectivity index (χ2n) is 10.3. The largest absolute Gasteiger partial charge is 0.497 e. The summed E-state index contributed by atoms with van der Waals surface area (Å²) in [7, 11) is 1.63. The first kappa shape index (κ1) is 29.9. The van der Waals surface area contributed by atoms with Crippen LogP contribution >= 0.6 is 0 Å². The molecule has 39 heavy (non-hydrogen) atoms. The highest BCUT2D eigenvalue weighted by molar-refractivity contribution is 6.00. The number of rotatable bonds is 13. The first-order valence-corrected chi connectivity index (χ1v) is 13.5. The van der Waals surface area contributed by atoms with Crippen LogP contribution in [0, 0.1) is 0 Å². The highest BCUT2D eigenvalue weighted by Gasteiger charge is 2.25. The van der Waals surface area contributed by atoms with Crippen molar-refractivity contribution >= 4 is 11.8 Å². The van der Waals surface area contributed by atoms with Crippen molar-refractivity contribution in [3.63, 3.8) is 0 Å². The quantitative estimate of drug-likeness (QED) is 0.303. The van der Waals surface area contributed by atoms with E-state index in [1.807, 2.05) is 82.3 Å². The Morgan fingerprint density at radius 3 is 2.15 bits per heavy atom. The van der Waals surface area contributed by atoms with Crippen LogP contribution in [0.2, 0.25) is 0 Å². The van der Waals surface area contributed by atoms with Gasteiger partial charge in [0, 0.05) is 36.3 Å². The lowest BCUT2D eigenvalue weighted by molar-refractivity contribution is 0.0643. The van der Waals surface area contributed by atoms with Gasteiger partial charge in [0.1, 0.15) is 5.75 Å². The lowest BCUT2D eigenvalue weighted by atomic mass is 10.00. The number of benzene rings is 3. The molecule has 0 fully saturated rings. The molecule has 0 aliphatic rings. The van der Waals surface area contributed by atoms with Gasteiger partial charge in [0.25, 0.3) is 11.8 Å². The van der Waals surface area contributed by atoms with Gasteiger partial charge in [-0.25, -0.2) is 0 Å². The Labute approximate surface area is 232 Å². The van der Waals surface area contributed by atoms with Crippen LogP contribution in [0.5, 0.6) is 5.75 Å². The number of nitrogens with zero attached hydrogens (tertiary/aromatic N) is 1. The fraction of sp³-hybridized carbons (Fsp3) is 0.375. The number of ether oxygens (including phenoxy) is 1. The van der Waals surface area contributed by atoms with Gasteiger partial charge in [0.15, 0.2) is 0 Å². The van der Waals surface area contributed by atoms with Crippen molar-refractivity contribution in [3.05, 3.63) is 101 Å². The van der Waals surface area contributed by atoms with Crippen LogP contribution in [-0.2, 0) is 13.0 Å². The third-order valence-corrected chi connectivity index (χ3v) is 6.62. The molecule has 208 valence electrons. The summed E-state index contributed by atoms with van der Waals surface area (Å²) < 4.78 is 5.28. The van der Waals surface area contributed by atoms with Gasteiger partial charge in [-0.1, -0.05) is 48.5 Å².